The van der Waals surface area contributed by atoms with Crippen LogP contribution in [0.1, 0.15) is 25.7 Å². The van der Waals surface area contributed by atoms with Gasteiger partial charge in [-0.05, 0) is 32.2 Å². The van der Waals surface area contributed by atoms with Crippen LogP contribution >= 0.6 is 0 Å². The number of rotatable bonds is 3. The molecule has 0 aliphatic carbocycles. The van der Waals surface area contributed by atoms with Gasteiger partial charge in [0.1, 0.15) is 11.5 Å². The molecule has 1 aromatic carbocycles. The highest BCUT2D eigenvalue weighted by atomic mass is 19.1. The molecule has 0 aromatic heterocycles. The molecule has 1 N–H and O–H groups in total. The van der Waals surface area contributed by atoms with Crippen molar-refractivity contribution in [3.8, 4) is 0 Å². The summed E-state index contributed by atoms with van der Waals surface area (Å²) in [5.41, 5.74) is -0.737. The predicted octanol–water partition coefficient (Wildman–Crippen LogP) is 2.91. The number of nitrogens with one attached hydrogen (secondary N) is 1. The van der Waals surface area contributed by atoms with Gasteiger partial charge in [-0.3, -0.25) is 10.1 Å². The largest absolute Gasteiger partial charge is 0.374 e. The van der Waals surface area contributed by atoms with Crippen molar-refractivity contribution in [1.82, 2.24) is 4.90 Å². The van der Waals surface area contributed by atoms with Gasteiger partial charge in [-0.1, -0.05) is 0 Å². The van der Waals surface area contributed by atoms with E-state index in [1.54, 1.807) is 0 Å². The topological polar surface area (TPSA) is 58.4 Å². The Labute approximate surface area is 121 Å². The molecule has 0 amide bonds. The minimum atomic E-state index is -0.935. The third kappa shape index (κ3) is 2.83. The average molecular weight is 297 g/mol. The van der Waals surface area contributed by atoms with Gasteiger partial charge in [-0.15, -0.1) is 0 Å². The number of halogens is 2. The summed E-state index contributed by atoms with van der Waals surface area (Å²) in [6.45, 7) is 2.02. The highest BCUT2D eigenvalue weighted by Gasteiger charge is 2.33. The fourth-order valence-electron chi connectivity index (χ4n) is 3.41. The Kier molecular flexibility index (Phi) is 3.75. The summed E-state index contributed by atoms with van der Waals surface area (Å²) in [6, 6.07) is 1.90. The van der Waals surface area contributed by atoms with E-state index in [4.69, 9.17) is 0 Å². The maximum Gasteiger partial charge on any atom is 0.298 e. The second-order valence-electron chi connectivity index (χ2n) is 5.74. The summed E-state index contributed by atoms with van der Waals surface area (Å²) in [7, 11) is 0. The molecule has 2 atom stereocenters. The van der Waals surface area contributed by atoms with Gasteiger partial charge < -0.3 is 10.2 Å². The maximum atomic E-state index is 13.9. The lowest BCUT2D eigenvalue weighted by Gasteiger charge is -2.35. The zero-order valence-corrected chi connectivity index (χ0v) is 11.5. The van der Waals surface area contributed by atoms with Gasteiger partial charge in [0.25, 0.3) is 5.69 Å². The fourth-order valence-corrected chi connectivity index (χ4v) is 3.41. The van der Waals surface area contributed by atoms with E-state index in [1.807, 2.05) is 0 Å². The summed E-state index contributed by atoms with van der Waals surface area (Å²) >= 11 is 0. The number of hydrogen-bond donors (Lipinski definition) is 1. The summed E-state index contributed by atoms with van der Waals surface area (Å²) in [5.74, 6) is -1.84. The van der Waals surface area contributed by atoms with E-state index in [1.165, 1.54) is 6.42 Å². The smallest absolute Gasteiger partial charge is 0.298 e. The number of fused-ring (bicyclic) bond motifs is 1. The molecule has 0 bridgehead atoms. The van der Waals surface area contributed by atoms with Gasteiger partial charge >= 0.3 is 0 Å². The van der Waals surface area contributed by atoms with Crippen LogP contribution in [0.5, 0.6) is 0 Å². The van der Waals surface area contributed by atoms with E-state index >= 15 is 0 Å². The van der Waals surface area contributed by atoms with Crippen molar-refractivity contribution < 1.29 is 13.7 Å². The molecular formula is C14H17F2N3O2. The maximum absolute atomic E-state index is 13.9. The lowest BCUT2D eigenvalue weighted by atomic mass is 9.97. The first-order valence-corrected chi connectivity index (χ1v) is 7.18. The predicted molar refractivity (Wildman–Crippen MR) is 74.3 cm³/mol. The zero-order valence-electron chi connectivity index (χ0n) is 11.5. The van der Waals surface area contributed by atoms with Crippen LogP contribution in [0.3, 0.4) is 0 Å². The number of benzene rings is 1. The lowest BCUT2D eigenvalue weighted by Crippen LogP contribution is -2.42. The van der Waals surface area contributed by atoms with Crippen molar-refractivity contribution in [2.75, 3.05) is 18.4 Å². The van der Waals surface area contributed by atoms with Crippen LogP contribution in [0, 0.1) is 21.7 Å². The second-order valence-corrected chi connectivity index (χ2v) is 5.74. The third-order valence-electron chi connectivity index (χ3n) is 4.40. The molecule has 1 aromatic rings. The Morgan fingerprint density at radius 3 is 2.86 bits per heavy atom. The molecule has 2 unspecified atom stereocenters. The molecule has 2 aliphatic heterocycles. The van der Waals surface area contributed by atoms with E-state index in [2.05, 4.69) is 10.2 Å². The first kappa shape index (κ1) is 14.2. The standard InChI is InChI=1S/C14H17F2N3O2/c15-9-6-12(16)14(13(7-9)19(20)21)17-10-3-5-18-4-1-2-11(18)8-10/h6-7,10-11,17H,1-5,8H2. The Balaban J connectivity index is 1.80. The number of nitro groups is 1. The summed E-state index contributed by atoms with van der Waals surface area (Å²) in [5, 5.41) is 13.9. The average Bonchev–Trinajstić information content (AvgIpc) is 2.88. The van der Waals surface area contributed by atoms with Crippen molar-refractivity contribution in [2.45, 2.75) is 37.8 Å². The normalized spacial score (nSPS) is 25.6. The number of nitro benzene ring substituents is 1. The summed E-state index contributed by atoms with van der Waals surface area (Å²) < 4.78 is 27.0. The zero-order chi connectivity index (χ0) is 15.0. The van der Waals surface area contributed by atoms with E-state index < -0.39 is 22.2 Å². The monoisotopic (exact) mass is 297 g/mol. The Morgan fingerprint density at radius 1 is 1.29 bits per heavy atom. The van der Waals surface area contributed by atoms with Crippen molar-refractivity contribution in [1.29, 1.82) is 0 Å². The Hall–Kier alpha value is -1.76. The van der Waals surface area contributed by atoms with Crippen molar-refractivity contribution in [3.05, 3.63) is 33.9 Å². The van der Waals surface area contributed by atoms with Gasteiger partial charge in [0.05, 0.1) is 11.0 Å². The summed E-state index contributed by atoms with van der Waals surface area (Å²) in [4.78, 5) is 12.6. The van der Waals surface area contributed by atoms with Crippen molar-refractivity contribution in [2.24, 2.45) is 0 Å². The van der Waals surface area contributed by atoms with E-state index in [9.17, 15) is 18.9 Å². The van der Waals surface area contributed by atoms with Crippen LogP contribution in [0.4, 0.5) is 20.2 Å². The van der Waals surface area contributed by atoms with Crippen LogP contribution in [0.15, 0.2) is 12.1 Å². The van der Waals surface area contributed by atoms with Crippen LogP contribution < -0.4 is 5.32 Å². The highest BCUT2D eigenvalue weighted by Crippen LogP contribution is 2.33. The number of nitrogens with zero attached hydrogens (tertiary/aromatic N) is 2. The molecule has 21 heavy (non-hydrogen) atoms. The first-order chi connectivity index (χ1) is 10.0. The van der Waals surface area contributed by atoms with Gasteiger partial charge in [-0.2, -0.15) is 0 Å². The van der Waals surface area contributed by atoms with Crippen molar-refractivity contribution >= 4 is 11.4 Å². The molecule has 2 fully saturated rings. The Morgan fingerprint density at radius 2 is 2.10 bits per heavy atom. The molecule has 0 saturated carbocycles. The van der Waals surface area contributed by atoms with Crippen molar-refractivity contribution in [3.63, 3.8) is 0 Å². The molecule has 2 heterocycles. The van der Waals surface area contributed by atoms with Gasteiger partial charge in [0.2, 0.25) is 0 Å². The number of piperidine rings is 1. The minimum absolute atomic E-state index is 0.0111. The van der Waals surface area contributed by atoms with Crippen LogP contribution in [-0.4, -0.2) is 35.0 Å². The van der Waals surface area contributed by atoms with E-state index in [-0.39, 0.29) is 11.7 Å². The summed E-state index contributed by atoms with van der Waals surface area (Å²) in [6.07, 6.45) is 3.94. The third-order valence-corrected chi connectivity index (χ3v) is 4.40. The number of anilines is 1. The lowest BCUT2D eigenvalue weighted by molar-refractivity contribution is -0.384. The highest BCUT2D eigenvalue weighted by molar-refractivity contribution is 5.63. The molecule has 114 valence electrons. The Bertz CT molecular complexity index is 567. The molecular weight excluding hydrogens is 280 g/mol. The van der Waals surface area contributed by atoms with Crippen LogP contribution in [0.2, 0.25) is 0 Å². The van der Waals surface area contributed by atoms with Gasteiger partial charge in [0, 0.05) is 24.7 Å². The number of hydrogen-bond acceptors (Lipinski definition) is 4. The minimum Gasteiger partial charge on any atom is -0.374 e. The van der Waals surface area contributed by atoms with Gasteiger partial charge in [0.15, 0.2) is 5.82 Å². The molecule has 0 radical (unpaired) electrons. The molecule has 0 spiro atoms. The van der Waals surface area contributed by atoms with Gasteiger partial charge in [-0.25, -0.2) is 8.78 Å². The second kappa shape index (κ2) is 5.55. The van der Waals surface area contributed by atoms with Crippen LogP contribution in [0.25, 0.3) is 0 Å². The molecule has 7 heteroatoms. The fraction of sp³-hybridized carbons (Fsp3) is 0.571. The van der Waals surface area contributed by atoms with E-state index in [0.717, 1.165) is 38.4 Å². The quantitative estimate of drug-likeness (QED) is 0.688. The molecule has 2 aliphatic rings. The van der Waals surface area contributed by atoms with E-state index in [0.29, 0.717) is 12.1 Å². The van der Waals surface area contributed by atoms with Crippen LogP contribution in [-0.2, 0) is 0 Å². The first-order valence-electron chi connectivity index (χ1n) is 7.18. The molecule has 3 rings (SSSR count). The molecule has 2 saturated heterocycles. The SMILES string of the molecule is O=[N+]([O-])c1cc(F)cc(F)c1NC1CCN2CCCC2C1. The molecule has 5 nitrogen and oxygen atoms in total.